The number of benzene rings is 6. The van der Waals surface area contributed by atoms with Crippen LogP contribution in [-0.2, 0) is 0 Å². The monoisotopic (exact) mass is 467 g/mol. The van der Waals surface area contributed by atoms with Gasteiger partial charge in [0.2, 0.25) is 0 Å². The Bertz CT molecular complexity index is 1660. The molecule has 31 heavy (non-hydrogen) atoms. The number of carbonyl (C=O) groups excluding carboxylic acids is 1. The molecule has 0 aliphatic heterocycles. The molecule has 6 rings (SSSR count). The number of quaternary nitrogens is 1. The first kappa shape index (κ1) is 19.5. The molecule has 150 valence electrons. The molecule has 0 saturated carbocycles. The first-order valence-electron chi connectivity index (χ1n) is 9.91. The highest BCUT2D eigenvalue weighted by Gasteiger charge is 2.10. The normalized spacial score (nSPS) is 11.3. The molecule has 0 spiro atoms. The number of carbonyl (C=O) groups is 1. The van der Waals surface area contributed by atoms with E-state index in [1.807, 2.05) is 18.2 Å². The van der Waals surface area contributed by atoms with Crippen LogP contribution in [0.15, 0.2) is 91.0 Å². The Kier molecular flexibility index (Phi) is 4.62. The van der Waals surface area contributed by atoms with Crippen molar-refractivity contribution in [1.82, 2.24) is 0 Å². The smallest absolute Gasteiger partial charge is 0.516 e. The third-order valence-electron chi connectivity index (χ3n) is 5.84. The van der Waals surface area contributed by atoms with Crippen LogP contribution in [0.3, 0.4) is 0 Å². The fourth-order valence-electron chi connectivity index (χ4n) is 4.46. The molecule has 0 unspecified atom stereocenters. The maximum atomic E-state index is 11.5. The molecule has 0 radical (unpaired) electrons. The SMILES string of the molecule is [Br-].[NH3+]C(=O)Oc1cccc2cc3ccc4cc5cc6ccccc6cc5cc4c3cc12. The minimum absolute atomic E-state index is 0. The van der Waals surface area contributed by atoms with Crippen molar-refractivity contribution < 1.29 is 32.2 Å². The standard InChI is InChI=1S/C27H17NO2.BrH/c28-27(29)30-26-7-3-6-18-12-19-8-9-20-13-21-10-16-4-1-2-5-17(16)11-22(21)14-23(20)24(19)15-25(18)26;/h1-15H,(H2,28,29);1H. The van der Waals surface area contributed by atoms with Gasteiger partial charge in [0.1, 0.15) is 5.75 Å². The molecule has 0 atom stereocenters. The van der Waals surface area contributed by atoms with Gasteiger partial charge in [0, 0.05) is 5.39 Å². The zero-order chi connectivity index (χ0) is 20.2. The van der Waals surface area contributed by atoms with Crippen molar-refractivity contribution in [2.24, 2.45) is 0 Å². The summed E-state index contributed by atoms with van der Waals surface area (Å²) in [4.78, 5) is 11.5. The van der Waals surface area contributed by atoms with E-state index >= 15 is 0 Å². The van der Waals surface area contributed by atoms with Crippen molar-refractivity contribution in [2.75, 3.05) is 0 Å². The number of halogens is 1. The van der Waals surface area contributed by atoms with Gasteiger partial charge in [-0.15, -0.1) is 0 Å². The van der Waals surface area contributed by atoms with Crippen LogP contribution in [-0.4, -0.2) is 6.09 Å². The lowest BCUT2D eigenvalue weighted by atomic mass is 9.94. The molecule has 6 aromatic carbocycles. The van der Waals surface area contributed by atoms with E-state index in [1.54, 1.807) is 0 Å². The molecular weight excluding hydrogens is 450 g/mol. The first-order valence-corrected chi connectivity index (χ1v) is 9.91. The number of ether oxygens (including phenoxy) is 1. The Hall–Kier alpha value is -3.47. The predicted octanol–water partition coefficient (Wildman–Crippen LogP) is 3.20. The van der Waals surface area contributed by atoms with E-state index < -0.39 is 6.09 Å². The zero-order valence-electron chi connectivity index (χ0n) is 16.6. The third-order valence-corrected chi connectivity index (χ3v) is 5.84. The van der Waals surface area contributed by atoms with Gasteiger partial charge in [-0.2, -0.15) is 4.79 Å². The summed E-state index contributed by atoms with van der Waals surface area (Å²) in [5.74, 6) is 0.540. The van der Waals surface area contributed by atoms with Gasteiger partial charge in [-0.05, 0) is 90.9 Å². The summed E-state index contributed by atoms with van der Waals surface area (Å²) in [6.45, 7) is 0. The lowest BCUT2D eigenvalue weighted by molar-refractivity contribution is -0.271. The van der Waals surface area contributed by atoms with Gasteiger partial charge in [0.15, 0.2) is 0 Å². The molecule has 1 amide bonds. The summed E-state index contributed by atoms with van der Waals surface area (Å²) >= 11 is 0. The molecule has 0 aliphatic carbocycles. The number of hydrogen-bond donors (Lipinski definition) is 1. The van der Waals surface area contributed by atoms with E-state index in [-0.39, 0.29) is 17.0 Å². The largest absolute Gasteiger partial charge is 1.00 e. The van der Waals surface area contributed by atoms with Crippen molar-refractivity contribution in [3.63, 3.8) is 0 Å². The number of rotatable bonds is 1. The fourth-order valence-corrected chi connectivity index (χ4v) is 4.46. The summed E-state index contributed by atoms with van der Waals surface area (Å²) in [6, 6.07) is 31.8. The second-order valence-corrected chi connectivity index (χ2v) is 7.71. The number of fused-ring (bicyclic) bond motifs is 6. The summed E-state index contributed by atoms with van der Waals surface area (Å²) in [7, 11) is 0. The van der Waals surface area contributed by atoms with Crippen molar-refractivity contribution >= 4 is 60.0 Å². The predicted molar refractivity (Wildman–Crippen MR) is 123 cm³/mol. The Balaban J connectivity index is 0.00000204. The van der Waals surface area contributed by atoms with Crippen molar-refractivity contribution in [2.45, 2.75) is 0 Å². The van der Waals surface area contributed by atoms with Gasteiger partial charge in [-0.25, -0.2) is 0 Å². The van der Waals surface area contributed by atoms with Gasteiger partial charge in [0.05, 0.1) is 0 Å². The Morgan fingerprint density at radius 1 is 0.548 bits per heavy atom. The van der Waals surface area contributed by atoms with Crippen LogP contribution >= 0.6 is 0 Å². The van der Waals surface area contributed by atoms with Crippen LogP contribution in [0.25, 0.3) is 53.9 Å². The Morgan fingerprint density at radius 3 is 1.74 bits per heavy atom. The van der Waals surface area contributed by atoms with E-state index in [9.17, 15) is 4.79 Å². The molecule has 0 fully saturated rings. The van der Waals surface area contributed by atoms with Crippen molar-refractivity contribution in [3.8, 4) is 5.75 Å². The maximum Gasteiger partial charge on any atom is 0.516 e. The fraction of sp³-hybridized carbons (Fsp3) is 0. The van der Waals surface area contributed by atoms with Crippen LogP contribution in [0, 0.1) is 0 Å². The molecule has 6 aromatic rings. The summed E-state index contributed by atoms with van der Waals surface area (Å²) in [6.07, 6.45) is -0.557. The van der Waals surface area contributed by atoms with E-state index in [0.29, 0.717) is 5.75 Å². The van der Waals surface area contributed by atoms with Gasteiger partial charge >= 0.3 is 6.09 Å². The molecule has 3 nitrogen and oxygen atoms in total. The van der Waals surface area contributed by atoms with E-state index in [1.165, 1.54) is 32.3 Å². The summed E-state index contributed by atoms with van der Waals surface area (Å²) in [5, 5.41) is 11.6. The topological polar surface area (TPSA) is 53.9 Å². The van der Waals surface area contributed by atoms with Crippen LogP contribution in [0.5, 0.6) is 5.75 Å². The molecule has 0 aliphatic rings. The molecular formula is C27H18BrNO2. The first-order chi connectivity index (χ1) is 14.7. The van der Waals surface area contributed by atoms with E-state index in [4.69, 9.17) is 4.74 Å². The van der Waals surface area contributed by atoms with Gasteiger partial charge in [-0.3, -0.25) is 5.73 Å². The minimum Gasteiger partial charge on any atom is -1.00 e. The summed E-state index contributed by atoms with van der Waals surface area (Å²) in [5.41, 5.74) is 3.35. The lowest BCUT2D eigenvalue weighted by Gasteiger charge is -2.11. The molecule has 0 saturated heterocycles. The minimum atomic E-state index is -0.557. The number of amides is 1. The number of hydrogen-bond acceptors (Lipinski definition) is 2. The molecule has 0 heterocycles. The molecule has 0 bridgehead atoms. The highest BCUT2D eigenvalue weighted by Crippen LogP contribution is 2.36. The third kappa shape index (κ3) is 3.21. The Labute approximate surface area is 188 Å². The average Bonchev–Trinajstić information content (AvgIpc) is 2.75. The van der Waals surface area contributed by atoms with E-state index in [2.05, 4.69) is 78.5 Å². The highest BCUT2D eigenvalue weighted by atomic mass is 79.9. The zero-order valence-corrected chi connectivity index (χ0v) is 18.1. The van der Waals surface area contributed by atoms with Crippen molar-refractivity contribution in [1.29, 1.82) is 0 Å². The van der Waals surface area contributed by atoms with Crippen LogP contribution in [0.1, 0.15) is 0 Å². The van der Waals surface area contributed by atoms with E-state index in [0.717, 1.165) is 21.5 Å². The summed E-state index contributed by atoms with van der Waals surface area (Å²) < 4.78 is 5.36. The van der Waals surface area contributed by atoms with Crippen LogP contribution in [0.4, 0.5) is 4.79 Å². The molecule has 0 aromatic heterocycles. The van der Waals surface area contributed by atoms with Gasteiger partial charge < -0.3 is 21.7 Å². The quantitative estimate of drug-likeness (QED) is 0.298. The molecule has 3 N–H and O–H groups in total. The Morgan fingerprint density at radius 2 is 1.06 bits per heavy atom. The lowest BCUT2D eigenvalue weighted by Crippen LogP contribution is -3.00. The average molecular weight is 468 g/mol. The van der Waals surface area contributed by atoms with Gasteiger partial charge in [0.25, 0.3) is 0 Å². The molecule has 4 heteroatoms. The van der Waals surface area contributed by atoms with Gasteiger partial charge in [-0.1, -0.05) is 48.5 Å². The van der Waals surface area contributed by atoms with Crippen LogP contribution < -0.4 is 27.5 Å². The maximum absolute atomic E-state index is 11.5. The second kappa shape index (κ2) is 7.34. The van der Waals surface area contributed by atoms with Crippen molar-refractivity contribution in [3.05, 3.63) is 91.0 Å². The second-order valence-electron chi connectivity index (χ2n) is 7.71. The highest BCUT2D eigenvalue weighted by molar-refractivity contribution is 6.16. The van der Waals surface area contributed by atoms with Crippen LogP contribution in [0.2, 0.25) is 0 Å².